The second-order valence-electron chi connectivity index (χ2n) is 8.35. The van der Waals surface area contributed by atoms with Crippen LogP contribution in [-0.4, -0.2) is 35.1 Å². The smallest absolute Gasteiger partial charge is 0.223 e. The van der Waals surface area contributed by atoms with Crippen molar-refractivity contribution in [3.05, 3.63) is 42.0 Å². The van der Waals surface area contributed by atoms with Gasteiger partial charge >= 0.3 is 0 Å². The zero-order chi connectivity index (χ0) is 19.8. The largest absolute Gasteiger partial charge is 0.351 e. The van der Waals surface area contributed by atoms with E-state index in [1.807, 2.05) is 25.9 Å². The van der Waals surface area contributed by atoms with Gasteiger partial charge < -0.3 is 14.5 Å². The summed E-state index contributed by atoms with van der Waals surface area (Å²) < 4.78 is 4.31. The van der Waals surface area contributed by atoms with E-state index in [9.17, 15) is 0 Å². The zero-order valence-electron chi connectivity index (χ0n) is 16.6. The van der Waals surface area contributed by atoms with Crippen LogP contribution >= 0.6 is 11.6 Å². The predicted molar refractivity (Wildman–Crippen MR) is 113 cm³/mol. The molecule has 3 aromatic rings. The third-order valence-electron chi connectivity index (χ3n) is 6.18. The Kier molecular flexibility index (Phi) is 4.99. The molecule has 7 nitrogen and oxygen atoms in total. The molecule has 8 heteroatoms. The summed E-state index contributed by atoms with van der Waals surface area (Å²) in [6.45, 7) is 0. The van der Waals surface area contributed by atoms with Crippen LogP contribution in [0.4, 0.5) is 5.95 Å². The number of anilines is 1. The predicted octanol–water partition coefficient (Wildman–Crippen LogP) is 4.28. The van der Waals surface area contributed by atoms with Crippen molar-refractivity contribution in [1.82, 2.24) is 29.1 Å². The summed E-state index contributed by atoms with van der Waals surface area (Å²) >= 11 is 6.47. The molecule has 5 rings (SSSR count). The minimum Gasteiger partial charge on any atom is -0.351 e. The third-order valence-corrected chi connectivity index (χ3v) is 6.46. The van der Waals surface area contributed by atoms with E-state index in [0.29, 0.717) is 23.1 Å². The second-order valence-corrected chi connectivity index (χ2v) is 8.76. The first-order chi connectivity index (χ1) is 14.2. The molecule has 3 heterocycles. The van der Waals surface area contributed by atoms with Gasteiger partial charge in [-0.2, -0.15) is 0 Å². The summed E-state index contributed by atoms with van der Waals surface area (Å²) in [5.41, 5.74) is 2.83. The van der Waals surface area contributed by atoms with Crippen LogP contribution in [0.3, 0.4) is 0 Å². The molecule has 2 aliphatic rings. The number of hydrogen-bond donors (Lipinski definition) is 1. The SMILES string of the molecule is Cn1cnc(-c2nc(NC3CCC(n4ccnc4)CC3)ncc2Cl)c1CC1CC1. The first-order valence-electron chi connectivity index (χ1n) is 10.4. The Morgan fingerprint density at radius 1 is 1.07 bits per heavy atom. The number of halogens is 1. The van der Waals surface area contributed by atoms with Crippen LogP contribution in [0.15, 0.2) is 31.2 Å². The quantitative estimate of drug-likeness (QED) is 0.655. The van der Waals surface area contributed by atoms with E-state index in [-0.39, 0.29) is 0 Å². The summed E-state index contributed by atoms with van der Waals surface area (Å²) in [4.78, 5) is 18.0. The molecule has 0 aliphatic heterocycles. The molecular formula is C21H26ClN7. The lowest BCUT2D eigenvalue weighted by atomic mass is 9.91. The Morgan fingerprint density at radius 3 is 2.62 bits per heavy atom. The molecule has 2 aliphatic carbocycles. The van der Waals surface area contributed by atoms with Gasteiger partial charge in [-0.3, -0.25) is 0 Å². The maximum Gasteiger partial charge on any atom is 0.223 e. The normalized spacial score (nSPS) is 22.0. The fourth-order valence-electron chi connectivity index (χ4n) is 4.28. The van der Waals surface area contributed by atoms with Gasteiger partial charge in [-0.1, -0.05) is 11.6 Å². The van der Waals surface area contributed by atoms with Gasteiger partial charge in [-0.25, -0.2) is 19.9 Å². The lowest BCUT2D eigenvalue weighted by molar-refractivity contribution is 0.333. The highest BCUT2D eigenvalue weighted by Gasteiger charge is 2.27. The number of aromatic nitrogens is 6. The standard InChI is InChI=1S/C21H26ClN7/c1-28-13-25-20(18(28)10-14-2-3-14)19-17(22)11-24-21(27-19)26-15-4-6-16(7-5-15)29-9-8-23-12-29/h8-9,11-16H,2-7,10H2,1H3,(H,24,26,27). The van der Waals surface area contributed by atoms with E-state index in [2.05, 4.69) is 35.6 Å². The maximum absolute atomic E-state index is 6.47. The molecule has 0 amide bonds. The zero-order valence-corrected chi connectivity index (χ0v) is 17.4. The van der Waals surface area contributed by atoms with E-state index in [1.165, 1.54) is 18.5 Å². The topological polar surface area (TPSA) is 73.5 Å². The van der Waals surface area contributed by atoms with Gasteiger partial charge in [0, 0.05) is 37.2 Å². The van der Waals surface area contributed by atoms with Gasteiger partial charge in [0.1, 0.15) is 11.4 Å². The van der Waals surface area contributed by atoms with Gasteiger partial charge in [-0.15, -0.1) is 0 Å². The highest BCUT2D eigenvalue weighted by atomic mass is 35.5. The van der Waals surface area contributed by atoms with E-state index >= 15 is 0 Å². The Hall–Kier alpha value is -2.41. The van der Waals surface area contributed by atoms with Gasteiger partial charge in [0.15, 0.2) is 0 Å². The fourth-order valence-corrected chi connectivity index (χ4v) is 4.46. The number of nitrogens with zero attached hydrogens (tertiary/aromatic N) is 6. The molecule has 0 atom stereocenters. The Bertz CT molecular complexity index is 969. The summed E-state index contributed by atoms with van der Waals surface area (Å²) in [5.74, 6) is 1.41. The molecule has 2 saturated carbocycles. The van der Waals surface area contributed by atoms with Crippen LogP contribution in [0.5, 0.6) is 0 Å². The molecule has 1 N–H and O–H groups in total. The molecule has 0 saturated heterocycles. The molecule has 0 radical (unpaired) electrons. The highest BCUT2D eigenvalue weighted by Crippen LogP contribution is 2.36. The molecule has 152 valence electrons. The molecule has 29 heavy (non-hydrogen) atoms. The first kappa shape index (κ1) is 18.6. The minimum atomic E-state index is 0.374. The summed E-state index contributed by atoms with van der Waals surface area (Å²) in [6, 6.07) is 0.911. The average molecular weight is 412 g/mol. The van der Waals surface area contributed by atoms with Gasteiger partial charge in [0.2, 0.25) is 5.95 Å². The van der Waals surface area contributed by atoms with Crippen molar-refractivity contribution in [2.75, 3.05) is 5.32 Å². The molecule has 3 aromatic heterocycles. The summed E-state index contributed by atoms with van der Waals surface area (Å²) in [7, 11) is 2.04. The van der Waals surface area contributed by atoms with Crippen molar-refractivity contribution in [3.8, 4) is 11.4 Å². The summed E-state index contributed by atoms with van der Waals surface area (Å²) in [6.07, 6.45) is 17.4. The van der Waals surface area contributed by atoms with Crippen LogP contribution < -0.4 is 5.32 Å². The Balaban J connectivity index is 1.30. The molecule has 0 bridgehead atoms. The second kappa shape index (κ2) is 7.78. The van der Waals surface area contributed by atoms with Gasteiger partial charge in [-0.05, 0) is 50.9 Å². The molecular weight excluding hydrogens is 386 g/mol. The Labute approximate surface area is 175 Å². The number of nitrogens with one attached hydrogen (secondary N) is 1. The minimum absolute atomic E-state index is 0.374. The summed E-state index contributed by atoms with van der Waals surface area (Å²) in [5, 5.41) is 4.07. The van der Waals surface area contributed by atoms with Crippen molar-refractivity contribution in [3.63, 3.8) is 0 Å². The van der Waals surface area contributed by atoms with E-state index < -0.39 is 0 Å². The molecule has 0 aromatic carbocycles. The van der Waals surface area contributed by atoms with Crippen LogP contribution in [0.25, 0.3) is 11.4 Å². The van der Waals surface area contributed by atoms with Crippen LogP contribution in [0.1, 0.15) is 50.3 Å². The van der Waals surface area contributed by atoms with Crippen LogP contribution in [0.2, 0.25) is 5.02 Å². The van der Waals surface area contributed by atoms with Crippen LogP contribution in [-0.2, 0) is 13.5 Å². The number of hydrogen-bond acceptors (Lipinski definition) is 5. The number of aryl methyl sites for hydroxylation is 1. The molecule has 0 spiro atoms. The van der Waals surface area contributed by atoms with Crippen LogP contribution in [0, 0.1) is 5.92 Å². The van der Waals surface area contributed by atoms with Gasteiger partial charge in [0.25, 0.3) is 0 Å². The van der Waals surface area contributed by atoms with Crippen molar-refractivity contribution in [2.45, 2.75) is 57.0 Å². The molecule has 0 unspecified atom stereocenters. The monoisotopic (exact) mass is 411 g/mol. The van der Waals surface area contributed by atoms with E-state index in [1.54, 1.807) is 6.20 Å². The number of imidazole rings is 2. The van der Waals surface area contributed by atoms with Gasteiger partial charge in [0.05, 0.1) is 23.9 Å². The number of rotatable bonds is 6. The Morgan fingerprint density at radius 2 is 1.90 bits per heavy atom. The highest BCUT2D eigenvalue weighted by molar-refractivity contribution is 6.32. The average Bonchev–Trinajstić information content (AvgIpc) is 3.24. The van der Waals surface area contributed by atoms with Crippen molar-refractivity contribution in [2.24, 2.45) is 13.0 Å². The fraction of sp³-hybridized carbons (Fsp3) is 0.524. The maximum atomic E-state index is 6.47. The third kappa shape index (κ3) is 4.01. The van der Waals surface area contributed by atoms with Crippen molar-refractivity contribution >= 4 is 17.5 Å². The first-order valence-corrected chi connectivity index (χ1v) is 10.8. The van der Waals surface area contributed by atoms with E-state index in [4.69, 9.17) is 16.6 Å². The van der Waals surface area contributed by atoms with E-state index in [0.717, 1.165) is 49.4 Å². The van der Waals surface area contributed by atoms with Crippen molar-refractivity contribution < 1.29 is 0 Å². The lowest BCUT2D eigenvalue weighted by Crippen LogP contribution is -2.28. The van der Waals surface area contributed by atoms with Crippen molar-refractivity contribution in [1.29, 1.82) is 0 Å². The lowest BCUT2D eigenvalue weighted by Gasteiger charge is -2.29. The molecule has 2 fully saturated rings.